The summed E-state index contributed by atoms with van der Waals surface area (Å²) in [5, 5.41) is 2.72. The summed E-state index contributed by atoms with van der Waals surface area (Å²) in [6, 6.07) is 16.2. The van der Waals surface area contributed by atoms with E-state index in [0.717, 1.165) is 12.1 Å². The molecule has 3 aromatic rings. The second-order valence-corrected chi connectivity index (χ2v) is 8.63. The van der Waals surface area contributed by atoms with E-state index in [0.29, 0.717) is 0 Å². The highest BCUT2D eigenvalue weighted by Gasteiger charge is 2.30. The molecule has 5 nitrogen and oxygen atoms in total. The molecule has 0 fully saturated rings. The molecule has 1 amide bonds. The van der Waals surface area contributed by atoms with E-state index in [2.05, 4.69) is 10.0 Å². The first-order chi connectivity index (χ1) is 14.5. The molecule has 0 aliphatic rings. The van der Waals surface area contributed by atoms with Crippen LogP contribution in [0.25, 0.3) is 0 Å². The van der Waals surface area contributed by atoms with Gasteiger partial charge in [-0.25, -0.2) is 8.42 Å². The lowest BCUT2D eigenvalue weighted by atomic mass is 10.1. The van der Waals surface area contributed by atoms with E-state index in [4.69, 9.17) is 11.6 Å². The van der Waals surface area contributed by atoms with E-state index in [1.54, 1.807) is 12.1 Å². The number of hydrogen-bond acceptors (Lipinski definition) is 3. The molecule has 0 radical (unpaired) electrons. The maximum absolute atomic E-state index is 12.8. The number of halogens is 4. The lowest BCUT2D eigenvalue weighted by molar-refractivity contribution is -0.137. The fourth-order valence-electron chi connectivity index (χ4n) is 2.74. The highest BCUT2D eigenvalue weighted by Crippen LogP contribution is 2.30. The molecular weight excluding hydrogens is 453 g/mol. The van der Waals surface area contributed by atoms with Crippen LogP contribution < -0.4 is 10.0 Å². The van der Waals surface area contributed by atoms with Gasteiger partial charge in [0.2, 0.25) is 5.91 Å². The monoisotopic (exact) mass is 468 g/mol. The average molecular weight is 469 g/mol. The van der Waals surface area contributed by atoms with Gasteiger partial charge in [-0.2, -0.15) is 13.2 Å². The zero-order valence-corrected chi connectivity index (χ0v) is 17.4. The number of benzene rings is 3. The number of rotatable bonds is 6. The van der Waals surface area contributed by atoms with Gasteiger partial charge in [0.05, 0.1) is 27.6 Å². The van der Waals surface area contributed by atoms with Crippen molar-refractivity contribution in [2.24, 2.45) is 0 Å². The third-order valence-corrected chi connectivity index (χ3v) is 5.86. The van der Waals surface area contributed by atoms with Crippen molar-refractivity contribution in [3.63, 3.8) is 0 Å². The largest absolute Gasteiger partial charge is 0.416 e. The Bertz CT molecular complexity index is 1210. The topological polar surface area (TPSA) is 75.3 Å². The Labute approximate surface area is 181 Å². The molecule has 31 heavy (non-hydrogen) atoms. The van der Waals surface area contributed by atoms with E-state index < -0.39 is 27.7 Å². The first-order valence-corrected chi connectivity index (χ1v) is 10.7. The molecule has 10 heteroatoms. The predicted octanol–water partition coefficient (Wildman–Crippen LogP) is 5.34. The van der Waals surface area contributed by atoms with E-state index in [9.17, 15) is 26.4 Å². The molecule has 0 atom stereocenters. The maximum atomic E-state index is 12.8. The Morgan fingerprint density at radius 1 is 0.935 bits per heavy atom. The number of sulfonamides is 1. The molecule has 0 aromatic heterocycles. The van der Waals surface area contributed by atoms with Gasteiger partial charge in [0.15, 0.2) is 0 Å². The number of anilines is 2. The van der Waals surface area contributed by atoms with Crippen molar-refractivity contribution in [3.8, 4) is 0 Å². The minimum absolute atomic E-state index is 0.121. The minimum atomic E-state index is -4.51. The normalized spacial score (nSPS) is 11.7. The van der Waals surface area contributed by atoms with Crippen LogP contribution >= 0.6 is 11.6 Å². The number of carbonyl (C=O) groups excluding carboxylic acids is 1. The van der Waals surface area contributed by atoms with Crippen LogP contribution in [-0.4, -0.2) is 14.3 Å². The molecule has 0 saturated heterocycles. The molecule has 0 heterocycles. The summed E-state index contributed by atoms with van der Waals surface area (Å²) >= 11 is 5.98. The Kier molecular flexibility index (Phi) is 6.56. The summed E-state index contributed by atoms with van der Waals surface area (Å²) in [7, 11) is -3.99. The zero-order valence-electron chi connectivity index (χ0n) is 15.8. The third-order valence-electron chi connectivity index (χ3n) is 4.17. The first kappa shape index (κ1) is 22.6. The van der Waals surface area contributed by atoms with Gasteiger partial charge >= 0.3 is 6.18 Å². The lowest BCUT2D eigenvalue weighted by Crippen LogP contribution is -2.16. The van der Waals surface area contributed by atoms with Gasteiger partial charge in [0.25, 0.3) is 10.0 Å². The minimum Gasteiger partial charge on any atom is -0.326 e. The van der Waals surface area contributed by atoms with Crippen molar-refractivity contribution >= 4 is 38.9 Å². The molecule has 0 aliphatic heterocycles. The van der Waals surface area contributed by atoms with E-state index in [1.807, 2.05) is 0 Å². The van der Waals surface area contributed by atoms with Crippen molar-refractivity contribution in [1.82, 2.24) is 0 Å². The number of hydrogen-bond donors (Lipinski definition) is 2. The predicted molar refractivity (Wildman–Crippen MR) is 112 cm³/mol. The van der Waals surface area contributed by atoms with Gasteiger partial charge < -0.3 is 5.32 Å². The number of nitrogens with one attached hydrogen (secondary N) is 2. The molecule has 3 aromatic carbocycles. The standard InChI is InChI=1S/C21H16ClF3N2O3S/c22-18-9-1-2-10-19(18)27-31(29,30)17-8-4-7-16(13-17)26-20(28)12-14-5-3-6-15(11-14)21(23,24)25/h1-11,13,27H,12H2,(H,26,28). The summed E-state index contributed by atoms with van der Waals surface area (Å²) in [6.07, 6.45) is -4.82. The maximum Gasteiger partial charge on any atom is 0.416 e. The smallest absolute Gasteiger partial charge is 0.326 e. The molecule has 0 bridgehead atoms. The third kappa shape index (κ3) is 5.99. The van der Waals surface area contributed by atoms with Crippen molar-refractivity contribution < 1.29 is 26.4 Å². The van der Waals surface area contributed by atoms with Crippen molar-refractivity contribution in [1.29, 1.82) is 0 Å². The number of alkyl halides is 3. The van der Waals surface area contributed by atoms with Crippen molar-refractivity contribution in [3.05, 3.63) is 88.9 Å². The second kappa shape index (κ2) is 8.99. The number of para-hydroxylation sites is 1. The van der Waals surface area contributed by atoms with Gasteiger partial charge in [-0.1, -0.05) is 48.0 Å². The van der Waals surface area contributed by atoms with Crippen LogP contribution in [0.3, 0.4) is 0 Å². The Hall–Kier alpha value is -3.04. The summed E-state index contributed by atoms with van der Waals surface area (Å²) in [6.45, 7) is 0. The molecule has 0 unspecified atom stereocenters. The lowest BCUT2D eigenvalue weighted by Gasteiger charge is -2.12. The van der Waals surface area contributed by atoms with Crippen LogP contribution in [0.4, 0.5) is 24.5 Å². The number of carbonyl (C=O) groups is 1. The van der Waals surface area contributed by atoms with Crippen LogP contribution in [0.1, 0.15) is 11.1 Å². The van der Waals surface area contributed by atoms with Gasteiger partial charge in [0.1, 0.15) is 0 Å². The Morgan fingerprint density at radius 2 is 1.65 bits per heavy atom. The molecule has 162 valence electrons. The van der Waals surface area contributed by atoms with Gasteiger partial charge in [-0.15, -0.1) is 0 Å². The quantitative estimate of drug-likeness (QED) is 0.512. The van der Waals surface area contributed by atoms with E-state index in [-0.39, 0.29) is 33.3 Å². The number of amides is 1. The second-order valence-electron chi connectivity index (χ2n) is 6.54. The molecule has 0 spiro atoms. The fourth-order valence-corrected chi connectivity index (χ4v) is 4.10. The first-order valence-electron chi connectivity index (χ1n) is 8.88. The van der Waals surface area contributed by atoms with Crippen LogP contribution in [-0.2, 0) is 27.4 Å². The molecule has 0 aliphatic carbocycles. The van der Waals surface area contributed by atoms with E-state index >= 15 is 0 Å². The van der Waals surface area contributed by atoms with Crippen LogP contribution in [0.5, 0.6) is 0 Å². The molecular formula is C21H16ClF3N2O3S. The summed E-state index contributed by atoms with van der Waals surface area (Å²) in [5.74, 6) is -0.590. The highest BCUT2D eigenvalue weighted by molar-refractivity contribution is 7.92. The summed E-state index contributed by atoms with van der Waals surface area (Å²) in [4.78, 5) is 12.1. The zero-order chi connectivity index (χ0) is 22.6. The summed E-state index contributed by atoms with van der Waals surface area (Å²) in [5.41, 5.74) is -0.296. The van der Waals surface area contributed by atoms with Crippen LogP contribution in [0, 0.1) is 0 Å². The van der Waals surface area contributed by atoms with Crippen molar-refractivity contribution in [2.45, 2.75) is 17.5 Å². The highest BCUT2D eigenvalue weighted by atomic mass is 35.5. The van der Waals surface area contributed by atoms with E-state index in [1.165, 1.54) is 48.5 Å². The van der Waals surface area contributed by atoms with Crippen LogP contribution in [0.15, 0.2) is 77.7 Å². The fraction of sp³-hybridized carbons (Fsp3) is 0.0952. The van der Waals surface area contributed by atoms with Gasteiger partial charge in [0, 0.05) is 5.69 Å². The van der Waals surface area contributed by atoms with Crippen LogP contribution in [0.2, 0.25) is 5.02 Å². The molecule has 2 N–H and O–H groups in total. The van der Waals surface area contributed by atoms with Gasteiger partial charge in [-0.05, 0) is 42.0 Å². The molecule has 3 rings (SSSR count). The SMILES string of the molecule is O=C(Cc1cccc(C(F)(F)F)c1)Nc1cccc(S(=O)(=O)Nc2ccccc2Cl)c1. The average Bonchev–Trinajstić information content (AvgIpc) is 2.69. The Morgan fingerprint density at radius 3 is 2.35 bits per heavy atom. The summed E-state index contributed by atoms with van der Waals surface area (Å²) < 4.78 is 66.1. The Balaban J connectivity index is 1.73. The molecule has 0 saturated carbocycles. The van der Waals surface area contributed by atoms with Crippen molar-refractivity contribution in [2.75, 3.05) is 10.0 Å². The van der Waals surface area contributed by atoms with Gasteiger partial charge in [-0.3, -0.25) is 9.52 Å².